The van der Waals surface area contributed by atoms with E-state index in [1.54, 1.807) is 0 Å². The monoisotopic (exact) mass is 545 g/mol. The number of fused-ring (bicyclic) bond motifs is 3. The Bertz CT molecular complexity index is 1860. The molecule has 0 unspecified atom stereocenters. The number of aryl methyl sites for hydroxylation is 2. The van der Waals surface area contributed by atoms with Gasteiger partial charge in [0.15, 0.2) is 11.6 Å². The molecule has 0 radical (unpaired) electrons. The van der Waals surface area contributed by atoms with Gasteiger partial charge >= 0.3 is 0 Å². The van der Waals surface area contributed by atoms with Crippen molar-refractivity contribution in [3.63, 3.8) is 0 Å². The molecule has 0 saturated carbocycles. The topological polar surface area (TPSA) is 51.8 Å². The summed E-state index contributed by atoms with van der Waals surface area (Å²) in [7, 11) is 2.14. The molecule has 1 aliphatic heterocycles. The summed E-state index contributed by atoms with van der Waals surface area (Å²) in [6.45, 7) is 21.8. The summed E-state index contributed by atoms with van der Waals surface area (Å²) in [4.78, 5) is 15.0. The summed E-state index contributed by atoms with van der Waals surface area (Å²) in [6, 6.07) is 15.4. The predicted molar refractivity (Wildman–Crippen MR) is 168 cm³/mol. The summed E-state index contributed by atoms with van der Waals surface area (Å²) in [5.74, 6) is 4.50. The fourth-order valence-electron chi connectivity index (χ4n) is 5.81. The van der Waals surface area contributed by atoms with Gasteiger partial charge in [0, 0.05) is 33.9 Å². The minimum Gasteiger partial charge on any atom is -0.450 e. The molecule has 2 aromatic heterocycles. The highest BCUT2D eigenvalue weighted by Gasteiger charge is 2.33. The summed E-state index contributed by atoms with van der Waals surface area (Å²) in [5.41, 5.74) is 7.89. The Morgan fingerprint density at radius 1 is 0.805 bits per heavy atom. The smallest absolute Gasteiger partial charge is 0.256 e. The molecule has 1 aliphatic rings. The van der Waals surface area contributed by atoms with Crippen LogP contribution in [0.2, 0.25) is 0 Å². The Labute approximate surface area is 243 Å². The lowest BCUT2D eigenvalue weighted by Gasteiger charge is -2.24. The largest absolute Gasteiger partial charge is 0.450 e. The van der Waals surface area contributed by atoms with Crippen LogP contribution in [-0.4, -0.2) is 15.0 Å². The molecule has 5 aromatic rings. The maximum Gasteiger partial charge on any atom is 0.256 e. The standard InChI is InChI=1S/C36H41N4O/c1-19(2)22-16-23-15-20(3)21(4)29-30(23)27(17-22)41-28-18-25-24(13-12-14-26(25)40(11)31(28)29)32-37-33(35(5,6)7)39-34(38-32)36(8,9)10/h12-19H,1-11H3/q+1. The van der Waals surface area contributed by atoms with Crippen LogP contribution in [-0.2, 0) is 17.9 Å². The molecule has 5 nitrogen and oxygen atoms in total. The van der Waals surface area contributed by atoms with Crippen LogP contribution in [0.5, 0.6) is 11.5 Å². The van der Waals surface area contributed by atoms with Crippen LogP contribution in [0.25, 0.3) is 44.3 Å². The number of hydrogen-bond acceptors (Lipinski definition) is 4. The van der Waals surface area contributed by atoms with Crippen LogP contribution in [0.15, 0.2) is 42.5 Å². The first kappa shape index (κ1) is 27.3. The SMILES string of the molecule is Cc1cc2cc(C(C)C)cc3c2c(c1C)-c1c(cc2c(-c4nc(C(C)(C)C)nc(C(C)(C)C)n4)cccc2[n+]1C)O3. The van der Waals surface area contributed by atoms with Gasteiger partial charge in [-0.1, -0.05) is 79.7 Å². The first-order chi connectivity index (χ1) is 19.1. The van der Waals surface area contributed by atoms with E-state index in [0.717, 1.165) is 45.3 Å². The second-order valence-electron chi connectivity index (χ2n) is 14.0. The molecule has 3 aromatic carbocycles. The van der Waals surface area contributed by atoms with Gasteiger partial charge in [-0.25, -0.2) is 15.0 Å². The third-order valence-electron chi connectivity index (χ3n) is 8.37. The first-order valence-electron chi connectivity index (χ1n) is 14.6. The van der Waals surface area contributed by atoms with Crippen LogP contribution >= 0.6 is 0 Å². The molecule has 3 heterocycles. The molecule has 41 heavy (non-hydrogen) atoms. The maximum atomic E-state index is 6.80. The van der Waals surface area contributed by atoms with Crippen LogP contribution < -0.4 is 9.30 Å². The van der Waals surface area contributed by atoms with Crippen LogP contribution in [0.3, 0.4) is 0 Å². The second kappa shape index (κ2) is 9.07. The Hall–Kier alpha value is -3.86. The summed E-state index contributed by atoms with van der Waals surface area (Å²) in [6.07, 6.45) is 0. The highest BCUT2D eigenvalue weighted by molar-refractivity contribution is 6.06. The lowest BCUT2D eigenvalue weighted by molar-refractivity contribution is -0.633. The lowest BCUT2D eigenvalue weighted by Crippen LogP contribution is -2.33. The van der Waals surface area contributed by atoms with Crippen molar-refractivity contribution >= 4 is 21.7 Å². The van der Waals surface area contributed by atoms with E-state index >= 15 is 0 Å². The predicted octanol–water partition coefficient (Wildman–Crippen LogP) is 8.78. The third-order valence-corrected chi connectivity index (χ3v) is 8.37. The van der Waals surface area contributed by atoms with E-state index < -0.39 is 0 Å². The number of hydrogen-bond donors (Lipinski definition) is 0. The molecule has 0 atom stereocenters. The quantitative estimate of drug-likeness (QED) is 0.204. The second-order valence-corrected chi connectivity index (χ2v) is 14.0. The Balaban J connectivity index is 1.67. The molecule has 0 fully saturated rings. The Morgan fingerprint density at radius 2 is 1.46 bits per heavy atom. The van der Waals surface area contributed by atoms with E-state index in [9.17, 15) is 0 Å². The average Bonchev–Trinajstić information content (AvgIpc) is 2.89. The van der Waals surface area contributed by atoms with E-state index in [1.165, 1.54) is 33.0 Å². The van der Waals surface area contributed by atoms with E-state index in [0.29, 0.717) is 11.7 Å². The van der Waals surface area contributed by atoms with Gasteiger partial charge in [-0.3, -0.25) is 0 Å². The molecular weight excluding hydrogens is 504 g/mol. The van der Waals surface area contributed by atoms with Gasteiger partial charge < -0.3 is 4.74 Å². The van der Waals surface area contributed by atoms with Crippen molar-refractivity contribution in [1.82, 2.24) is 15.0 Å². The van der Waals surface area contributed by atoms with E-state index in [1.807, 2.05) is 0 Å². The van der Waals surface area contributed by atoms with Crippen molar-refractivity contribution in [3.8, 4) is 34.1 Å². The number of nitrogens with zero attached hydrogens (tertiary/aromatic N) is 4. The van der Waals surface area contributed by atoms with E-state index in [4.69, 9.17) is 19.7 Å². The average molecular weight is 546 g/mol. The van der Waals surface area contributed by atoms with Crippen molar-refractivity contribution < 1.29 is 9.30 Å². The van der Waals surface area contributed by atoms with Gasteiger partial charge in [0.1, 0.15) is 24.4 Å². The highest BCUT2D eigenvalue weighted by atomic mass is 16.5. The van der Waals surface area contributed by atoms with Crippen LogP contribution in [0, 0.1) is 13.8 Å². The van der Waals surface area contributed by atoms with Gasteiger partial charge in [-0.15, -0.1) is 0 Å². The molecule has 0 N–H and O–H groups in total. The fraction of sp³-hybridized carbons (Fsp3) is 0.389. The summed E-state index contributed by atoms with van der Waals surface area (Å²) in [5, 5.41) is 3.49. The number of aromatic nitrogens is 4. The van der Waals surface area contributed by atoms with Gasteiger partial charge in [0.2, 0.25) is 5.52 Å². The van der Waals surface area contributed by atoms with Crippen LogP contribution in [0.1, 0.15) is 89.6 Å². The fourth-order valence-corrected chi connectivity index (χ4v) is 5.81. The molecule has 210 valence electrons. The zero-order chi connectivity index (χ0) is 29.6. The molecule has 6 rings (SSSR count). The Morgan fingerprint density at radius 3 is 2.07 bits per heavy atom. The van der Waals surface area contributed by atoms with E-state index in [2.05, 4.69) is 123 Å². The molecule has 0 aliphatic carbocycles. The maximum absolute atomic E-state index is 6.80. The van der Waals surface area contributed by atoms with Crippen molar-refractivity contribution in [1.29, 1.82) is 0 Å². The molecule has 0 spiro atoms. The number of ether oxygens (including phenoxy) is 1. The molecule has 5 heteroatoms. The normalized spacial score (nSPS) is 13.2. The summed E-state index contributed by atoms with van der Waals surface area (Å²) >= 11 is 0. The molecular formula is C36H41N4O+. The molecule has 0 bridgehead atoms. The zero-order valence-electron chi connectivity index (χ0n) is 26.3. The number of pyridine rings is 1. The third kappa shape index (κ3) is 4.37. The lowest BCUT2D eigenvalue weighted by atomic mass is 9.88. The van der Waals surface area contributed by atoms with Crippen molar-refractivity contribution in [3.05, 3.63) is 70.8 Å². The zero-order valence-corrected chi connectivity index (χ0v) is 26.3. The van der Waals surface area contributed by atoms with Gasteiger partial charge in [-0.05, 0) is 47.9 Å². The van der Waals surface area contributed by atoms with Crippen molar-refractivity contribution in [2.45, 2.75) is 86.0 Å². The van der Waals surface area contributed by atoms with Gasteiger partial charge in [-0.2, -0.15) is 4.57 Å². The van der Waals surface area contributed by atoms with Crippen LogP contribution in [0.4, 0.5) is 0 Å². The minimum atomic E-state index is -0.207. The highest BCUT2D eigenvalue weighted by Crippen LogP contribution is 2.49. The number of rotatable bonds is 2. The first-order valence-corrected chi connectivity index (χ1v) is 14.6. The summed E-state index contributed by atoms with van der Waals surface area (Å²) < 4.78 is 9.08. The van der Waals surface area contributed by atoms with Crippen molar-refractivity contribution in [2.75, 3.05) is 0 Å². The Kier molecular flexibility index (Phi) is 6.04. The number of benzene rings is 3. The van der Waals surface area contributed by atoms with Gasteiger partial charge in [0.05, 0.1) is 10.9 Å². The molecule has 0 amide bonds. The van der Waals surface area contributed by atoms with Gasteiger partial charge in [0.25, 0.3) is 5.69 Å². The van der Waals surface area contributed by atoms with E-state index in [-0.39, 0.29) is 10.8 Å². The minimum absolute atomic E-state index is 0.207. The molecule has 0 saturated heterocycles. The van der Waals surface area contributed by atoms with Crippen molar-refractivity contribution in [2.24, 2.45) is 7.05 Å².